The summed E-state index contributed by atoms with van der Waals surface area (Å²) >= 11 is 5.95. The lowest BCUT2D eigenvalue weighted by molar-refractivity contribution is 0.284. The van der Waals surface area contributed by atoms with Crippen LogP contribution in [-0.4, -0.2) is 37.6 Å². The SMILES string of the molecule is Fc1ccc(N2CCN(CC=Cc3ccc(Cc4ccc(Cl)cc4)cc3)CC2)cc1. The minimum atomic E-state index is -0.180. The van der Waals surface area contributed by atoms with Crippen molar-refractivity contribution < 1.29 is 4.39 Å². The van der Waals surface area contributed by atoms with Gasteiger partial charge in [-0.15, -0.1) is 0 Å². The molecule has 3 aromatic carbocycles. The fourth-order valence-corrected chi connectivity index (χ4v) is 3.89. The molecule has 0 N–H and O–H groups in total. The van der Waals surface area contributed by atoms with Crippen molar-refractivity contribution in [1.29, 1.82) is 0 Å². The largest absolute Gasteiger partial charge is 0.369 e. The molecule has 0 amide bonds. The quantitative estimate of drug-likeness (QED) is 0.489. The molecular weight excluding hydrogens is 395 g/mol. The van der Waals surface area contributed by atoms with E-state index in [1.54, 1.807) is 0 Å². The van der Waals surface area contributed by atoms with Gasteiger partial charge in [0.1, 0.15) is 5.82 Å². The first-order valence-electron chi connectivity index (χ1n) is 10.4. The lowest BCUT2D eigenvalue weighted by Gasteiger charge is -2.35. The predicted octanol–water partition coefficient (Wildman–Crippen LogP) is 5.91. The van der Waals surface area contributed by atoms with Crippen LogP contribution in [0.4, 0.5) is 10.1 Å². The number of rotatable bonds is 6. The van der Waals surface area contributed by atoms with E-state index >= 15 is 0 Å². The monoisotopic (exact) mass is 420 g/mol. The molecule has 0 spiro atoms. The van der Waals surface area contributed by atoms with Gasteiger partial charge in [0.25, 0.3) is 0 Å². The third-order valence-corrected chi connectivity index (χ3v) is 5.79. The van der Waals surface area contributed by atoms with Crippen molar-refractivity contribution in [1.82, 2.24) is 4.90 Å². The smallest absolute Gasteiger partial charge is 0.123 e. The van der Waals surface area contributed by atoms with Crippen molar-refractivity contribution >= 4 is 23.4 Å². The summed E-state index contributed by atoms with van der Waals surface area (Å²) in [6, 6.07) is 23.5. The standard InChI is InChI=1S/C26H26ClFN2/c27-24-9-7-23(8-10-24)20-22-5-3-21(4-6-22)2-1-15-29-16-18-30(19-17-29)26-13-11-25(28)12-14-26/h1-14H,15-20H2. The van der Waals surface area contributed by atoms with Crippen LogP contribution >= 0.6 is 11.6 Å². The number of hydrogen-bond acceptors (Lipinski definition) is 2. The Morgan fingerprint density at radius 2 is 1.37 bits per heavy atom. The zero-order chi connectivity index (χ0) is 20.8. The molecule has 1 saturated heterocycles. The van der Waals surface area contributed by atoms with Gasteiger partial charge in [-0.1, -0.05) is 60.2 Å². The molecule has 4 rings (SSSR count). The van der Waals surface area contributed by atoms with Gasteiger partial charge < -0.3 is 4.90 Å². The Kier molecular flexibility index (Phi) is 6.83. The van der Waals surface area contributed by atoms with Crippen molar-refractivity contribution in [2.24, 2.45) is 0 Å². The molecule has 154 valence electrons. The lowest BCUT2D eigenvalue weighted by atomic mass is 10.0. The van der Waals surface area contributed by atoms with Crippen molar-refractivity contribution in [3.63, 3.8) is 0 Å². The van der Waals surface area contributed by atoms with E-state index in [2.05, 4.69) is 58.4 Å². The molecule has 1 heterocycles. The maximum Gasteiger partial charge on any atom is 0.123 e. The summed E-state index contributed by atoms with van der Waals surface area (Å²) < 4.78 is 13.1. The summed E-state index contributed by atoms with van der Waals surface area (Å²) in [5, 5.41) is 0.774. The Labute approximate surface area is 183 Å². The van der Waals surface area contributed by atoms with Gasteiger partial charge in [0, 0.05) is 43.4 Å². The van der Waals surface area contributed by atoms with Crippen LogP contribution in [0.1, 0.15) is 16.7 Å². The van der Waals surface area contributed by atoms with Gasteiger partial charge >= 0.3 is 0 Å². The van der Waals surface area contributed by atoms with Crippen LogP contribution in [0, 0.1) is 5.82 Å². The molecule has 30 heavy (non-hydrogen) atoms. The molecule has 1 aliphatic rings. The van der Waals surface area contributed by atoms with Gasteiger partial charge in [0.2, 0.25) is 0 Å². The van der Waals surface area contributed by atoms with E-state index in [1.165, 1.54) is 28.8 Å². The maximum absolute atomic E-state index is 13.1. The molecule has 0 aromatic heterocycles. The van der Waals surface area contributed by atoms with E-state index in [0.717, 1.165) is 49.9 Å². The summed E-state index contributed by atoms with van der Waals surface area (Å²) in [6.07, 6.45) is 5.35. The highest BCUT2D eigenvalue weighted by atomic mass is 35.5. The van der Waals surface area contributed by atoms with Crippen LogP contribution in [-0.2, 0) is 6.42 Å². The predicted molar refractivity (Wildman–Crippen MR) is 125 cm³/mol. The number of benzene rings is 3. The average Bonchev–Trinajstić information content (AvgIpc) is 2.78. The Bertz CT molecular complexity index is 957. The second-order valence-corrected chi connectivity index (χ2v) is 8.15. The fraction of sp³-hybridized carbons (Fsp3) is 0.231. The second kappa shape index (κ2) is 9.92. The summed E-state index contributed by atoms with van der Waals surface area (Å²) in [4.78, 5) is 4.77. The van der Waals surface area contributed by atoms with E-state index < -0.39 is 0 Å². The first-order chi connectivity index (χ1) is 14.7. The Balaban J connectivity index is 1.23. The van der Waals surface area contributed by atoms with E-state index in [4.69, 9.17) is 11.6 Å². The molecular formula is C26H26ClFN2. The van der Waals surface area contributed by atoms with Gasteiger partial charge in [-0.2, -0.15) is 0 Å². The van der Waals surface area contributed by atoms with Gasteiger partial charge in [-0.25, -0.2) is 4.39 Å². The molecule has 0 unspecified atom stereocenters. The topological polar surface area (TPSA) is 6.48 Å². The van der Waals surface area contributed by atoms with Crippen molar-refractivity contribution in [2.45, 2.75) is 6.42 Å². The highest BCUT2D eigenvalue weighted by Gasteiger charge is 2.16. The number of anilines is 1. The van der Waals surface area contributed by atoms with Gasteiger partial charge in [-0.05, 0) is 59.5 Å². The second-order valence-electron chi connectivity index (χ2n) is 7.71. The Morgan fingerprint density at radius 1 is 0.767 bits per heavy atom. The fourth-order valence-electron chi connectivity index (χ4n) is 3.76. The van der Waals surface area contributed by atoms with Crippen LogP contribution in [0.15, 0.2) is 78.9 Å². The van der Waals surface area contributed by atoms with Gasteiger partial charge in [0.15, 0.2) is 0 Å². The van der Waals surface area contributed by atoms with Gasteiger partial charge in [-0.3, -0.25) is 4.90 Å². The van der Waals surface area contributed by atoms with E-state index in [-0.39, 0.29) is 5.82 Å². The first kappa shape index (κ1) is 20.6. The van der Waals surface area contributed by atoms with Crippen molar-refractivity contribution in [3.8, 4) is 0 Å². The molecule has 3 aromatic rings. The van der Waals surface area contributed by atoms with Crippen LogP contribution in [0.5, 0.6) is 0 Å². The van der Waals surface area contributed by atoms with E-state index in [1.807, 2.05) is 24.3 Å². The molecule has 0 saturated carbocycles. The minimum absolute atomic E-state index is 0.180. The first-order valence-corrected chi connectivity index (χ1v) is 10.8. The van der Waals surface area contributed by atoms with Crippen LogP contribution in [0.3, 0.4) is 0 Å². The summed E-state index contributed by atoms with van der Waals surface area (Å²) in [5.74, 6) is -0.180. The van der Waals surface area contributed by atoms with Crippen molar-refractivity contribution in [2.75, 3.05) is 37.6 Å². The molecule has 1 fully saturated rings. The van der Waals surface area contributed by atoms with E-state index in [9.17, 15) is 4.39 Å². The van der Waals surface area contributed by atoms with E-state index in [0.29, 0.717) is 0 Å². The van der Waals surface area contributed by atoms with Crippen LogP contribution in [0.2, 0.25) is 5.02 Å². The normalized spacial score (nSPS) is 15.1. The number of piperazine rings is 1. The lowest BCUT2D eigenvalue weighted by Crippen LogP contribution is -2.46. The number of nitrogens with zero attached hydrogens (tertiary/aromatic N) is 2. The van der Waals surface area contributed by atoms with Crippen molar-refractivity contribution in [3.05, 3.63) is 106 Å². The average molecular weight is 421 g/mol. The third-order valence-electron chi connectivity index (χ3n) is 5.54. The molecule has 2 nitrogen and oxygen atoms in total. The van der Waals surface area contributed by atoms with Crippen LogP contribution < -0.4 is 4.90 Å². The highest BCUT2D eigenvalue weighted by Crippen LogP contribution is 2.17. The highest BCUT2D eigenvalue weighted by molar-refractivity contribution is 6.30. The molecule has 0 aliphatic carbocycles. The zero-order valence-electron chi connectivity index (χ0n) is 17.0. The summed E-state index contributed by atoms with van der Waals surface area (Å²) in [7, 11) is 0. The Hall–Kier alpha value is -2.62. The Morgan fingerprint density at radius 3 is 2.00 bits per heavy atom. The molecule has 0 atom stereocenters. The summed E-state index contributed by atoms with van der Waals surface area (Å²) in [6.45, 7) is 4.92. The van der Waals surface area contributed by atoms with Gasteiger partial charge in [0.05, 0.1) is 0 Å². The zero-order valence-corrected chi connectivity index (χ0v) is 17.7. The third kappa shape index (κ3) is 5.71. The molecule has 0 bridgehead atoms. The molecule has 0 radical (unpaired) electrons. The molecule has 4 heteroatoms. The summed E-state index contributed by atoms with van der Waals surface area (Å²) in [5.41, 5.74) is 4.89. The number of hydrogen-bond donors (Lipinski definition) is 0. The van der Waals surface area contributed by atoms with Crippen LogP contribution in [0.25, 0.3) is 6.08 Å². The number of halogens is 2. The maximum atomic E-state index is 13.1. The minimum Gasteiger partial charge on any atom is -0.369 e. The molecule has 1 aliphatic heterocycles.